The summed E-state index contributed by atoms with van der Waals surface area (Å²) in [4.78, 5) is 6.44. The van der Waals surface area contributed by atoms with E-state index < -0.39 is 0 Å². The van der Waals surface area contributed by atoms with E-state index in [1.165, 1.54) is 0 Å². The minimum atomic E-state index is 0.0423. The second-order valence-electron chi connectivity index (χ2n) is 5.08. The number of guanidine groups is 1. The predicted octanol–water partition coefficient (Wildman–Crippen LogP) is 2.32. The number of rotatable bonds is 6. The highest BCUT2D eigenvalue weighted by atomic mass is 16.5. The second-order valence-corrected chi connectivity index (χ2v) is 5.08. The fraction of sp³-hybridized carbons (Fsp3) is 0.312. The van der Waals surface area contributed by atoms with Gasteiger partial charge in [0.05, 0.1) is 26.0 Å². The van der Waals surface area contributed by atoms with Crippen LogP contribution in [0.15, 0.2) is 52.1 Å². The molecule has 6 heteroatoms. The molecule has 0 fully saturated rings. The van der Waals surface area contributed by atoms with E-state index in [4.69, 9.17) is 14.9 Å². The van der Waals surface area contributed by atoms with Gasteiger partial charge in [0.15, 0.2) is 5.96 Å². The molecule has 1 unspecified atom stereocenters. The molecule has 118 valence electrons. The zero-order chi connectivity index (χ0) is 15.9. The van der Waals surface area contributed by atoms with Crippen LogP contribution in [0.5, 0.6) is 5.75 Å². The molecule has 0 radical (unpaired) electrons. The first kappa shape index (κ1) is 15.9. The van der Waals surface area contributed by atoms with Gasteiger partial charge in [-0.25, -0.2) is 0 Å². The number of ether oxygens (including phenoxy) is 1. The number of nitrogens with two attached hydrogens (primary N) is 1. The van der Waals surface area contributed by atoms with Gasteiger partial charge in [-0.05, 0) is 38.4 Å². The van der Waals surface area contributed by atoms with Gasteiger partial charge in [-0.2, -0.15) is 0 Å². The van der Waals surface area contributed by atoms with Crippen molar-refractivity contribution < 1.29 is 9.15 Å². The maximum Gasteiger partial charge on any atom is 0.193 e. The molecule has 0 bridgehead atoms. The average Bonchev–Trinajstić information content (AvgIpc) is 3.01. The van der Waals surface area contributed by atoms with Crippen molar-refractivity contribution in [1.29, 1.82) is 0 Å². The smallest absolute Gasteiger partial charge is 0.193 e. The minimum absolute atomic E-state index is 0.0423. The molecule has 6 nitrogen and oxygen atoms in total. The molecule has 2 rings (SSSR count). The maximum absolute atomic E-state index is 5.95. The lowest BCUT2D eigenvalue weighted by molar-refractivity contribution is 0.265. The van der Waals surface area contributed by atoms with E-state index >= 15 is 0 Å². The first-order valence-corrected chi connectivity index (χ1v) is 7.01. The fourth-order valence-corrected chi connectivity index (χ4v) is 2.06. The van der Waals surface area contributed by atoms with Crippen molar-refractivity contribution in [3.8, 4) is 5.75 Å². The normalized spacial score (nSPS) is 13.2. The van der Waals surface area contributed by atoms with Gasteiger partial charge < -0.3 is 20.2 Å². The first-order valence-electron chi connectivity index (χ1n) is 7.01. The van der Waals surface area contributed by atoms with E-state index in [2.05, 4.69) is 10.3 Å². The van der Waals surface area contributed by atoms with Crippen molar-refractivity contribution in [2.75, 3.05) is 33.1 Å². The molecular formula is C16H22N4O2. The number of nitrogens with zero attached hydrogens (tertiary/aromatic N) is 2. The Kier molecular flexibility index (Phi) is 5.43. The van der Waals surface area contributed by atoms with Crippen LogP contribution < -0.4 is 15.8 Å². The Bertz CT molecular complexity index is 608. The van der Waals surface area contributed by atoms with E-state index in [0.29, 0.717) is 12.5 Å². The molecule has 0 saturated carbocycles. The van der Waals surface area contributed by atoms with Crippen molar-refractivity contribution in [1.82, 2.24) is 4.90 Å². The van der Waals surface area contributed by atoms with Gasteiger partial charge in [0.25, 0.3) is 0 Å². The highest BCUT2D eigenvalue weighted by Crippen LogP contribution is 2.19. The summed E-state index contributed by atoms with van der Waals surface area (Å²) in [6, 6.07) is 11.4. The fourth-order valence-electron chi connectivity index (χ4n) is 2.06. The summed E-state index contributed by atoms with van der Waals surface area (Å²) in [5.41, 5.74) is 6.78. The largest absolute Gasteiger partial charge is 0.497 e. The van der Waals surface area contributed by atoms with Crippen LogP contribution in [0.25, 0.3) is 0 Å². The molecule has 3 N–H and O–H groups in total. The van der Waals surface area contributed by atoms with Crippen LogP contribution in [-0.4, -0.2) is 38.6 Å². The van der Waals surface area contributed by atoms with Gasteiger partial charge in [0.1, 0.15) is 11.5 Å². The quantitative estimate of drug-likeness (QED) is 0.632. The van der Waals surface area contributed by atoms with E-state index in [1.807, 2.05) is 55.4 Å². The van der Waals surface area contributed by atoms with E-state index in [9.17, 15) is 0 Å². The zero-order valence-corrected chi connectivity index (χ0v) is 13.1. The molecule has 1 aromatic heterocycles. The summed E-state index contributed by atoms with van der Waals surface area (Å²) in [6.07, 6.45) is 1.66. The number of likely N-dealkylation sites (N-methyl/N-ethyl adjacent to an activating group) is 1. The molecule has 0 aliphatic carbocycles. The number of furan rings is 1. The lowest BCUT2D eigenvalue weighted by atomic mass is 10.2. The molecule has 22 heavy (non-hydrogen) atoms. The van der Waals surface area contributed by atoms with Gasteiger partial charge in [0, 0.05) is 11.8 Å². The van der Waals surface area contributed by atoms with Crippen LogP contribution >= 0.6 is 0 Å². The lowest BCUT2D eigenvalue weighted by Gasteiger charge is -2.20. The van der Waals surface area contributed by atoms with Crippen molar-refractivity contribution in [3.63, 3.8) is 0 Å². The lowest BCUT2D eigenvalue weighted by Crippen LogP contribution is -2.27. The Hall–Kier alpha value is -2.47. The third-order valence-corrected chi connectivity index (χ3v) is 3.27. The molecule has 0 aliphatic rings. The Morgan fingerprint density at radius 1 is 1.36 bits per heavy atom. The minimum Gasteiger partial charge on any atom is -0.497 e. The van der Waals surface area contributed by atoms with E-state index in [0.717, 1.165) is 17.2 Å². The predicted molar refractivity (Wildman–Crippen MR) is 88.2 cm³/mol. The number of nitrogens with one attached hydrogen (secondary N) is 1. The van der Waals surface area contributed by atoms with Crippen LogP contribution in [0.3, 0.4) is 0 Å². The van der Waals surface area contributed by atoms with Crippen LogP contribution in [0.1, 0.15) is 11.8 Å². The first-order chi connectivity index (χ1) is 10.6. The monoisotopic (exact) mass is 302 g/mol. The van der Waals surface area contributed by atoms with E-state index in [-0.39, 0.29) is 6.04 Å². The summed E-state index contributed by atoms with van der Waals surface area (Å²) < 4.78 is 10.6. The summed E-state index contributed by atoms with van der Waals surface area (Å²) in [5.74, 6) is 1.98. The highest BCUT2D eigenvalue weighted by Gasteiger charge is 2.16. The number of hydrogen-bond acceptors (Lipinski definition) is 4. The van der Waals surface area contributed by atoms with Crippen LogP contribution in [0.2, 0.25) is 0 Å². The van der Waals surface area contributed by atoms with Crippen molar-refractivity contribution in [2.45, 2.75) is 6.04 Å². The molecule has 0 saturated heterocycles. The molecule has 1 heterocycles. The number of anilines is 1. The third kappa shape index (κ3) is 4.26. The SMILES string of the molecule is COc1cccc(NC(N)=NCC(c2ccco2)N(C)C)c1. The molecule has 1 atom stereocenters. The summed E-state index contributed by atoms with van der Waals surface area (Å²) in [7, 11) is 5.59. The summed E-state index contributed by atoms with van der Waals surface area (Å²) in [5, 5.41) is 3.05. The van der Waals surface area contributed by atoms with Crippen LogP contribution in [-0.2, 0) is 0 Å². The Labute approximate surface area is 130 Å². The maximum atomic E-state index is 5.95. The van der Waals surface area contributed by atoms with E-state index in [1.54, 1.807) is 13.4 Å². The van der Waals surface area contributed by atoms with Crippen molar-refractivity contribution in [3.05, 3.63) is 48.4 Å². The average molecular weight is 302 g/mol. The number of benzene rings is 1. The number of aliphatic imine (C=N–C) groups is 1. The molecule has 2 aromatic rings. The topological polar surface area (TPSA) is 76.0 Å². The summed E-state index contributed by atoms with van der Waals surface area (Å²) >= 11 is 0. The van der Waals surface area contributed by atoms with Crippen molar-refractivity contribution in [2.24, 2.45) is 10.7 Å². The van der Waals surface area contributed by atoms with Crippen molar-refractivity contribution >= 4 is 11.6 Å². The van der Waals surface area contributed by atoms with Crippen LogP contribution in [0.4, 0.5) is 5.69 Å². The molecule has 0 aliphatic heterocycles. The Morgan fingerprint density at radius 3 is 2.82 bits per heavy atom. The molecule has 0 amide bonds. The van der Waals surface area contributed by atoms with Gasteiger partial charge in [-0.1, -0.05) is 6.07 Å². The standard InChI is InChI=1S/C16H22N4O2/c1-20(2)14(15-8-5-9-22-15)11-18-16(17)19-12-6-4-7-13(10-12)21-3/h4-10,14H,11H2,1-3H3,(H3,17,18,19). The highest BCUT2D eigenvalue weighted by molar-refractivity contribution is 5.92. The summed E-state index contributed by atoms with van der Waals surface area (Å²) in [6.45, 7) is 0.503. The number of hydrogen-bond donors (Lipinski definition) is 2. The molecular weight excluding hydrogens is 280 g/mol. The second kappa shape index (κ2) is 7.51. The third-order valence-electron chi connectivity index (χ3n) is 3.27. The molecule has 1 aromatic carbocycles. The Balaban J connectivity index is 2.01. The zero-order valence-electron chi connectivity index (χ0n) is 13.1. The van der Waals surface area contributed by atoms with Gasteiger partial charge in [-0.3, -0.25) is 9.89 Å². The van der Waals surface area contributed by atoms with Gasteiger partial charge >= 0.3 is 0 Å². The number of methoxy groups -OCH3 is 1. The van der Waals surface area contributed by atoms with Gasteiger partial charge in [0.2, 0.25) is 0 Å². The Morgan fingerprint density at radius 2 is 2.18 bits per heavy atom. The van der Waals surface area contributed by atoms with Gasteiger partial charge in [-0.15, -0.1) is 0 Å². The molecule has 0 spiro atoms. The van der Waals surface area contributed by atoms with Crippen LogP contribution in [0, 0.1) is 0 Å².